The minimum atomic E-state index is -4.39. The molecule has 1 N–H and O–H groups in total. The van der Waals surface area contributed by atoms with E-state index in [1.165, 1.54) is 205 Å². The fraction of sp³-hybridized carbons (Fsp3) is 0.818. The molecule has 0 saturated heterocycles. The van der Waals surface area contributed by atoms with Crippen molar-refractivity contribution in [1.29, 1.82) is 0 Å². The molecule has 2 unspecified atom stereocenters. The molecule has 0 saturated carbocycles. The molecular weight excluding hydrogens is 966 g/mol. The first-order chi connectivity index (χ1) is 37.0. The highest BCUT2D eigenvalue weighted by Gasteiger charge is 2.27. The molecule has 0 rings (SSSR count). The van der Waals surface area contributed by atoms with Crippen LogP contribution in [-0.4, -0.2) is 74.9 Å². The zero-order chi connectivity index (χ0) is 55.6. The van der Waals surface area contributed by atoms with Crippen LogP contribution in [0.5, 0.6) is 0 Å². The van der Waals surface area contributed by atoms with Gasteiger partial charge in [-0.3, -0.25) is 18.6 Å². The van der Waals surface area contributed by atoms with Gasteiger partial charge in [0.1, 0.15) is 19.8 Å². The van der Waals surface area contributed by atoms with Gasteiger partial charge in [-0.2, -0.15) is 0 Å². The first-order valence-electron chi connectivity index (χ1n) is 32.0. The standard InChI is InChI=1S/C66H122NO8P/c1-6-8-10-12-14-16-18-20-22-24-26-28-30-31-32-33-34-35-37-39-41-43-45-47-49-51-53-55-57-59-66(69)75-64(63-74-76(70,71)73-61-60-67(3,4)5)62-72-65(68)58-56-54-52-50-48-46-44-42-40-38-36-29-27-25-23-21-19-17-15-13-11-9-7-2/h8,10,14,16,20,22,25-28,64H,6-7,9,11-13,15,17-19,21,23-24,29-63H2,1-5H3/p+1/b10-8-,16-14-,22-20-,27-25-,28-26-. The Morgan fingerprint density at radius 1 is 0.421 bits per heavy atom. The molecule has 0 radical (unpaired) electrons. The second-order valence-electron chi connectivity index (χ2n) is 22.8. The Bertz CT molecular complexity index is 1470. The molecule has 0 spiro atoms. The summed E-state index contributed by atoms with van der Waals surface area (Å²) in [5.41, 5.74) is 0. The highest BCUT2D eigenvalue weighted by molar-refractivity contribution is 7.47. The fourth-order valence-corrected chi connectivity index (χ4v) is 9.86. The van der Waals surface area contributed by atoms with Crippen LogP contribution in [0.4, 0.5) is 0 Å². The number of phosphoric ester groups is 1. The van der Waals surface area contributed by atoms with E-state index < -0.39 is 26.5 Å². The van der Waals surface area contributed by atoms with E-state index in [1.807, 2.05) is 21.1 Å². The average Bonchev–Trinajstić information content (AvgIpc) is 3.38. The molecule has 0 fully saturated rings. The van der Waals surface area contributed by atoms with Crippen molar-refractivity contribution in [3.63, 3.8) is 0 Å². The van der Waals surface area contributed by atoms with Crippen molar-refractivity contribution < 1.29 is 42.1 Å². The predicted octanol–water partition coefficient (Wildman–Crippen LogP) is 20.3. The number of ether oxygens (including phenoxy) is 2. The Kier molecular flexibility index (Phi) is 55.7. The molecule has 10 heteroatoms. The highest BCUT2D eigenvalue weighted by Crippen LogP contribution is 2.43. The zero-order valence-electron chi connectivity index (χ0n) is 50.5. The Balaban J connectivity index is 4.08. The number of likely N-dealkylation sites (N-methyl/N-ethyl adjacent to an activating group) is 1. The number of hydrogen-bond acceptors (Lipinski definition) is 7. The molecule has 0 aromatic heterocycles. The summed E-state index contributed by atoms with van der Waals surface area (Å²) in [6, 6.07) is 0. The molecular formula is C66H123NO8P+. The summed E-state index contributed by atoms with van der Waals surface area (Å²) in [6.45, 7) is 4.36. The third kappa shape index (κ3) is 60.9. The molecule has 76 heavy (non-hydrogen) atoms. The van der Waals surface area contributed by atoms with Gasteiger partial charge in [0.25, 0.3) is 0 Å². The van der Waals surface area contributed by atoms with Crippen molar-refractivity contribution in [3.8, 4) is 0 Å². The first-order valence-corrected chi connectivity index (χ1v) is 33.5. The number of rotatable bonds is 59. The number of allylic oxidation sites excluding steroid dienone is 10. The number of quaternary nitrogens is 1. The number of esters is 2. The number of carbonyl (C=O) groups is 2. The molecule has 0 aromatic carbocycles. The Morgan fingerprint density at radius 2 is 0.750 bits per heavy atom. The third-order valence-electron chi connectivity index (χ3n) is 14.0. The van der Waals surface area contributed by atoms with Crippen molar-refractivity contribution in [2.45, 2.75) is 302 Å². The van der Waals surface area contributed by atoms with Crippen LogP contribution in [0.1, 0.15) is 296 Å². The van der Waals surface area contributed by atoms with Crippen molar-refractivity contribution in [2.75, 3.05) is 47.5 Å². The van der Waals surface area contributed by atoms with Gasteiger partial charge in [-0.1, -0.05) is 267 Å². The van der Waals surface area contributed by atoms with Gasteiger partial charge in [-0.05, 0) is 77.0 Å². The lowest BCUT2D eigenvalue weighted by Crippen LogP contribution is -2.37. The summed E-state index contributed by atoms with van der Waals surface area (Å²) in [5.74, 6) is -0.786. The zero-order valence-corrected chi connectivity index (χ0v) is 51.4. The van der Waals surface area contributed by atoms with Crippen molar-refractivity contribution in [1.82, 2.24) is 0 Å². The van der Waals surface area contributed by atoms with Gasteiger partial charge in [0.05, 0.1) is 27.7 Å². The minimum absolute atomic E-state index is 0.0318. The number of carbonyl (C=O) groups excluding carboxylic acids is 2. The van der Waals surface area contributed by atoms with E-state index in [2.05, 4.69) is 74.6 Å². The van der Waals surface area contributed by atoms with Gasteiger partial charge in [0, 0.05) is 12.8 Å². The van der Waals surface area contributed by atoms with E-state index in [0.717, 1.165) is 57.8 Å². The molecule has 444 valence electrons. The SMILES string of the molecule is CC/C=C\C/C=C\C/C=C\C/C=C\CCCCCCCCCCCCCCCCCCC(=O)OC(COC(=O)CCCCCCCCCCCCC/C=C\CCCCCCCCCC)COP(=O)(O)OCC[N+](C)(C)C. The largest absolute Gasteiger partial charge is 0.472 e. The van der Waals surface area contributed by atoms with E-state index in [-0.39, 0.29) is 32.0 Å². The molecule has 0 aliphatic rings. The number of unbranched alkanes of at least 4 members (excludes halogenated alkanes) is 35. The third-order valence-corrected chi connectivity index (χ3v) is 15.0. The summed E-state index contributed by atoms with van der Waals surface area (Å²) in [5, 5.41) is 0. The first kappa shape index (κ1) is 73.7. The summed E-state index contributed by atoms with van der Waals surface area (Å²) in [7, 11) is 1.49. The Hall–Kier alpha value is -2.29. The number of hydrogen-bond donors (Lipinski definition) is 1. The lowest BCUT2D eigenvalue weighted by Gasteiger charge is -2.24. The predicted molar refractivity (Wildman–Crippen MR) is 326 cm³/mol. The Morgan fingerprint density at radius 3 is 1.13 bits per heavy atom. The van der Waals surface area contributed by atoms with E-state index in [0.29, 0.717) is 17.4 Å². The normalized spacial score (nSPS) is 13.6. The van der Waals surface area contributed by atoms with Crippen LogP contribution in [-0.2, 0) is 32.7 Å². The summed E-state index contributed by atoms with van der Waals surface area (Å²) >= 11 is 0. The maximum Gasteiger partial charge on any atom is 0.472 e. The van der Waals surface area contributed by atoms with Gasteiger partial charge < -0.3 is 18.9 Å². The minimum Gasteiger partial charge on any atom is -0.462 e. The van der Waals surface area contributed by atoms with Crippen LogP contribution < -0.4 is 0 Å². The van der Waals surface area contributed by atoms with E-state index >= 15 is 0 Å². The summed E-state index contributed by atoms with van der Waals surface area (Å²) in [4.78, 5) is 35.8. The molecule has 0 amide bonds. The van der Waals surface area contributed by atoms with Gasteiger partial charge in [-0.25, -0.2) is 4.57 Å². The lowest BCUT2D eigenvalue weighted by molar-refractivity contribution is -0.870. The topological polar surface area (TPSA) is 108 Å². The average molecular weight is 1090 g/mol. The molecule has 9 nitrogen and oxygen atoms in total. The fourth-order valence-electron chi connectivity index (χ4n) is 9.12. The summed E-state index contributed by atoms with van der Waals surface area (Å²) in [6.07, 6.45) is 74.5. The van der Waals surface area contributed by atoms with Crippen molar-refractivity contribution >= 4 is 19.8 Å². The Labute approximate surface area is 470 Å². The quantitative estimate of drug-likeness (QED) is 0.0211. The van der Waals surface area contributed by atoms with Crippen molar-refractivity contribution in [3.05, 3.63) is 60.8 Å². The molecule has 0 heterocycles. The monoisotopic (exact) mass is 1090 g/mol. The molecule has 0 aliphatic carbocycles. The number of nitrogens with zero attached hydrogens (tertiary/aromatic N) is 1. The van der Waals surface area contributed by atoms with E-state index in [9.17, 15) is 19.0 Å². The van der Waals surface area contributed by atoms with Gasteiger partial charge >= 0.3 is 19.8 Å². The van der Waals surface area contributed by atoms with Crippen LogP contribution in [0.25, 0.3) is 0 Å². The maximum atomic E-state index is 12.9. The lowest BCUT2D eigenvalue weighted by atomic mass is 10.0. The van der Waals surface area contributed by atoms with Crippen LogP contribution in [0.15, 0.2) is 60.8 Å². The van der Waals surface area contributed by atoms with Crippen LogP contribution >= 0.6 is 7.82 Å². The van der Waals surface area contributed by atoms with Crippen LogP contribution in [0.2, 0.25) is 0 Å². The van der Waals surface area contributed by atoms with E-state index in [4.69, 9.17) is 18.5 Å². The summed E-state index contributed by atoms with van der Waals surface area (Å²) < 4.78 is 34.7. The van der Waals surface area contributed by atoms with Crippen LogP contribution in [0, 0.1) is 0 Å². The maximum absolute atomic E-state index is 12.9. The molecule has 2 atom stereocenters. The molecule has 0 aliphatic heterocycles. The van der Waals surface area contributed by atoms with Crippen molar-refractivity contribution in [2.24, 2.45) is 0 Å². The van der Waals surface area contributed by atoms with Gasteiger partial charge in [0.15, 0.2) is 6.10 Å². The smallest absolute Gasteiger partial charge is 0.462 e. The number of phosphoric acid groups is 1. The van der Waals surface area contributed by atoms with Gasteiger partial charge in [0.2, 0.25) is 0 Å². The molecule has 0 bridgehead atoms. The van der Waals surface area contributed by atoms with Crippen LogP contribution in [0.3, 0.4) is 0 Å². The van der Waals surface area contributed by atoms with E-state index in [1.54, 1.807) is 0 Å². The second kappa shape index (κ2) is 57.4. The highest BCUT2D eigenvalue weighted by atomic mass is 31.2. The second-order valence-corrected chi connectivity index (χ2v) is 24.2. The van der Waals surface area contributed by atoms with Gasteiger partial charge in [-0.15, -0.1) is 0 Å². The molecule has 0 aromatic rings.